The molecule has 0 bridgehead atoms. The quantitative estimate of drug-likeness (QED) is 0.199. The van der Waals surface area contributed by atoms with Gasteiger partial charge in [-0.05, 0) is 83.3 Å². The second-order valence-corrected chi connectivity index (χ2v) is 8.56. The van der Waals surface area contributed by atoms with Crippen molar-refractivity contribution < 1.29 is 31.8 Å². The number of hydrogen-bond acceptors (Lipinski definition) is 6. The standard InChI is InChI=1S/C9H5F4NO.C8H6BrNO.C8H6INO/c10-7-2-1-6(9(11,12)13)5-8(7)15-4-3-14;9-7-1-3-8(4-2-7)11-6-5-10;9-7-2-1-3-8(6-7)11-5-4-10/h1-2,5H,4H2;1-4H,6H2;1-3,6H,5H2. The fourth-order valence-corrected chi connectivity index (χ4v) is 3.00. The maximum absolute atomic E-state index is 12.9. The molecule has 6 nitrogen and oxygen atoms in total. The maximum Gasteiger partial charge on any atom is 0.416 e. The lowest BCUT2D eigenvalue weighted by atomic mass is 10.2. The van der Waals surface area contributed by atoms with Gasteiger partial charge in [0, 0.05) is 8.04 Å². The summed E-state index contributed by atoms with van der Waals surface area (Å²) in [5, 5.41) is 24.5. The van der Waals surface area contributed by atoms with E-state index in [0.717, 1.165) is 19.5 Å². The average molecular weight is 690 g/mol. The van der Waals surface area contributed by atoms with Crippen LogP contribution in [0, 0.1) is 43.4 Å². The van der Waals surface area contributed by atoms with Gasteiger partial charge in [-0.2, -0.15) is 29.0 Å². The molecule has 3 aromatic rings. The van der Waals surface area contributed by atoms with E-state index in [1.807, 2.05) is 48.5 Å². The molecule has 0 heterocycles. The molecule has 3 rings (SSSR count). The van der Waals surface area contributed by atoms with Gasteiger partial charge in [-0.15, -0.1) is 0 Å². The number of ether oxygens (including phenoxy) is 3. The van der Waals surface area contributed by atoms with E-state index in [2.05, 4.69) is 43.3 Å². The van der Waals surface area contributed by atoms with Gasteiger partial charge in [-0.3, -0.25) is 0 Å². The molecule has 0 amide bonds. The van der Waals surface area contributed by atoms with Crippen LogP contribution in [0.5, 0.6) is 17.2 Å². The highest BCUT2D eigenvalue weighted by Gasteiger charge is 2.31. The van der Waals surface area contributed by atoms with E-state index in [9.17, 15) is 17.6 Å². The molecule has 0 aliphatic carbocycles. The summed E-state index contributed by atoms with van der Waals surface area (Å²) in [5.41, 5.74) is -1.02. The summed E-state index contributed by atoms with van der Waals surface area (Å²) in [6, 6.07) is 22.1. The predicted molar refractivity (Wildman–Crippen MR) is 138 cm³/mol. The SMILES string of the molecule is N#CCOc1cc(C(F)(F)F)ccc1F.N#CCOc1ccc(Br)cc1.N#CCOc1cccc(I)c1. The average Bonchev–Trinajstić information content (AvgIpc) is 2.87. The molecule has 0 atom stereocenters. The van der Waals surface area contributed by atoms with Gasteiger partial charge in [0.2, 0.25) is 0 Å². The molecule has 0 aliphatic rings. The smallest absolute Gasteiger partial charge is 0.416 e. The van der Waals surface area contributed by atoms with Crippen LogP contribution in [0.25, 0.3) is 0 Å². The Labute approximate surface area is 232 Å². The summed E-state index contributed by atoms with van der Waals surface area (Å²) in [6.07, 6.45) is -4.56. The monoisotopic (exact) mass is 689 g/mol. The van der Waals surface area contributed by atoms with E-state index < -0.39 is 29.9 Å². The van der Waals surface area contributed by atoms with Crippen molar-refractivity contribution in [1.29, 1.82) is 15.8 Å². The summed E-state index contributed by atoms with van der Waals surface area (Å²) in [7, 11) is 0. The number of nitriles is 3. The molecular formula is C25H17BrF4IN3O3. The normalized spacial score (nSPS) is 9.59. The van der Waals surface area contributed by atoms with Crippen molar-refractivity contribution in [3.8, 4) is 35.5 Å². The van der Waals surface area contributed by atoms with Gasteiger partial charge in [0.1, 0.15) is 29.7 Å². The van der Waals surface area contributed by atoms with Crippen molar-refractivity contribution in [2.24, 2.45) is 0 Å². The molecule has 192 valence electrons. The van der Waals surface area contributed by atoms with E-state index in [-0.39, 0.29) is 13.2 Å². The highest BCUT2D eigenvalue weighted by molar-refractivity contribution is 14.1. The van der Waals surface area contributed by atoms with Crippen LogP contribution < -0.4 is 14.2 Å². The molecule has 0 aromatic heterocycles. The summed E-state index contributed by atoms with van der Waals surface area (Å²) < 4.78 is 66.1. The topological polar surface area (TPSA) is 99.1 Å². The Balaban J connectivity index is 0.000000283. The number of hydrogen-bond donors (Lipinski definition) is 0. The second kappa shape index (κ2) is 17.0. The first-order valence-electron chi connectivity index (χ1n) is 9.97. The van der Waals surface area contributed by atoms with Crippen molar-refractivity contribution in [3.05, 3.63) is 86.2 Å². The summed E-state index contributed by atoms with van der Waals surface area (Å²) in [6.45, 7) is -0.292. The Bertz CT molecular complexity index is 1250. The van der Waals surface area contributed by atoms with E-state index in [0.29, 0.717) is 18.2 Å². The second-order valence-electron chi connectivity index (χ2n) is 6.39. The van der Waals surface area contributed by atoms with Crippen LogP contribution in [0.4, 0.5) is 17.6 Å². The van der Waals surface area contributed by atoms with Gasteiger partial charge in [0.05, 0.1) is 5.56 Å². The highest BCUT2D eigenvalue weighted by Crippen LogP contribution is 2.32. The molecule has 0 saturated heterocycles. The summed E-state index contributed by atoms with van der Waals surface area (Å²) >= 11 is 5.49. The van der Waals surface area contributed by atoms with Crippen LogP contribution in [0.3, 0.4) is 0 Å². The lowest BCUT2D eigenvalue weighted by Crippen LogP contribution is -2.06. The van der Waals surface area contributed by atoms with E-state index in [1.165, 1.54) is 6.07 Å². The van der Waals surface area contributed by atoms with Crippen molar-refractivity contribution >= 4 is 38.5 Å². The fourth-order valence-electron chi connectivity index (χ4n) is 2.22. The van der Waals surface area contributed by atoms with E-state index in [4.69, 9.17) is 25.3 Å². The minimum absolute atomic E-state index is 0.0988. The number of alkyl halides is 3. The maximum atomic E-state index is 12.9. The Hall–Kier alpha value is -3.54. The Morgan fingerprint density at radius 2 is 1.32 bits per heavy atom. The molecule has 3 aromatic carbocycles. The van der Waals surface area contributed by atoms with Crippen LogP contribution in [-0.2, 0) is 6.18 Å². The predicted octanol–water partition coefficient (Wildman–Crippen LogP) is 7.29. The minimum Gasteiger partial charge on any atom is -0.479 e. The molecule has 0 aliphatic heterocycles. The summed E-state index contributed by atoms with van der Waals surface area (Å²) in [5.74, 6) is -0.0437. The molecule has 0 fully saturated rings. The molecule has 0 unspecified atom stereocenters. The van der Waals surface area contributed by atoms with Crippen LogP contribution in [0.2, 0.25) is 0 Å². The zero-order valence-corrected chi connectivity index (χ0v) is 22.5. The molecule has 0 spiro atoms. The fraction of sp³-hybridized carbons (Fsp3) is 0.160. The zero-order valence-electron chi connectivity index (χ0n) is 18.8. The number of rotatable bonds is 6. The Kier molecular flexibility index (Phi) is 14.5. The summed E-state index contributed by atoms with van der Waals surface area (Å²) in [4.78, 5) is 0. The lowest BCUT2D eigenvalue weighted by Gasteiger charge is -2.09. The number of halogens is 6. The van der Waals surface area contributed by atoms with E-state index >= 15 is 0 Å². The highest BCUT2D eigenvalue weighted by atomic mass is 127. The molecule has 12 heteroatoms. The third kappa shape index (κ3) is 13.4. The first-order chi connectivity index (χ1) is 17.6. The largest absolute Gasteiger partial charge is 0.479 e. The van der Waals surface area contributed by atoms with Crippen LogP contribution in [0.15, 0.2) is 71.2 Å². The van der Waals surface area contributed by atoms with Gasteiger partial charge >= 0.3 is 6.18 Å². The van der Waals surface area contributed by atoms with E-state index in [1.54, 1.807) is 12.1 Å². The van der Waals surface area contributed by atoms with Gasteiger partial charge in [0.15, 0.2) is 31.4 Å². The van der Waals surface area contributed by atoms with Crippen molar-refractivity contribution in [3.63, 3.8) is 0 Å². The molecule has 37 heavy (non-hydrogen) atoms. The van der Waals surface area contributed by atoms with Gasteiger partial charge in [-0.25, -0.2) is 4.39 Å². The lowest BCUT2D eigenvalue weighted by molar-refractivity contribution is -0.137. The molecule has 0 saturated carbocycles. The van der Waals surface area contributed by atoms with Crippen LogP contribution >= 0.6 is 38.5 Å². The van der Waals surface area contributed by atoms with Crippen molar-refractivity contribution in [1.82, 2.24) is 0 Å². The van der Waals surface area contributed by atoms with Gasteiger partial charge < -0.3 is 14.2 Å². The van der Waals surface area contributed by atoms with Crippen molar-refractivity contribution in [2.75, 3.05) is 19.8 Å². The number of benzene rings is 3. The first kappa shape index (κ1) is 31.5. The Morgan fingerprint density at radius 3 is 1.86 bits per heavy atom. The van der Waals surface area contributed by atoms with Gasteiger partial charge in [-0.1, -0.05) is 22.0 Å². The molecule has 0 N–H and O–H groups in total. The first-order valence-corrected chi connectivity index (χ1v) is 11.8. The van der Waals surface area contributed by atoms with Crippen LogP contribution in [0.1, 0.15) is 5.56 Å². The van der Waals surface area contributed by atoms with Crippen molar-refractivity contribution in [2.45, 2.75) is 6.18 Å². The zero-order chi connectivity index (χ0) is 27.7. The third-order valence-electron chi connectivity index (χ3n) is 3.77. The Morgan fingerprint density at radius 1 is 0.757 bits per heavy atom. The molecule has 0 radical (unpaired) electrons. The van der Waals surface area contributed by atoms with Gasteiger partial charge in [0.25, 0.3) is 0 Å². The molecular weight excluding hydrogens is 673 g/mol. The number of nitrogens with zero attached hydrogens (tertiary/aromatic N) is 3. The minimum atomic E-state index is -4.56. The third-order valence-corrected chi connectivity index (χ3v) is 4.97. The van der Waals surface area contributed by atoms with Crippen LogP contribution in [-0.4, -0.2) is 19.8 Å².